The van der Waals surface area contributed by atoms with Gasteiger partial charge >= 0.3 is 0 Å². The molecule has 4 nitrogen and oxygen atoms in total. The number of aryl methyl sites for hydroxylation is 1. The smallest absolute Gasteiger partial charge is 0.123 e. The lowest BCUT2D eigenvalue weighted by Crippen LogP contribution is -2.35. The Bertz CT molecular complexity index is 885. The van der Waals surface area contributed by atoms with Crippen molar-refractivity contribution in [3.63, 3.8) is 0 Å². The van der Waals surface area contributed by atoms with E-state index in [0.29, 0.717) is 6.04 Å². The molecule has 2 aromatic heterocycles. The van der Waals surface area contributed by atoms with E-state index in [9.17, 15) is 4.39 Å². The second-order valence-corrected chi connectivity index (χ2v) is 7.69. The van der Waals surface area contributed by atoms with Gasteiger partial charge in [-0.3, -0.25) is 4.90 Å². The van der Waals surface area contributed by atoms with E-state index in [2.05, 4.69) is 33.0 Å². The Kier molecular flexibility index (Phi) is 4.56. The summed E-state index contributed by atoms with van der Waals surface area (Å²) in [6, 6.07) is 5.30. The summed E-state index contributed by atoms with van der Waals surface area (Å²) < 4.78 is 13.6. The highest BCUT2D eigenvalue weighted by Gasteiger charge is 2.29. The number of thioether (sulfide) groups is 1. The van der Waals surface area contributed by atoms with Crippen molar-refractivity contribution in [1.29, 1.82) is 0 Å². The molecule has 2 N–H and O–H groups in total. The lowest BCUT2D eigenvalue weighted by atomic mass is 10.00. The lowest BCUT2D eigenvalue weighted by molar-refractivity contribution is 0.166. The van der Waals surface area contributed by atoms with Crippen LogP contribution in [-0.2, 0) is 13.0 Å². The molecule has 3 aromatic rings. The number of nitrogens with one attached hydrogen (secondary N) is 2. The molecule has 1 aliphatic rings. The van der Waals surface area contributed by atoms with E-state index in [1.54, 1.807) is 6.07 Å². The van der Waals surface area contributed by atoms with Gasteiger partial charge in [0.15, 0.2) is 0 Å². The topological polar surface area (TPSA) is 47.7 Å². The van der Waals surface area contributed by atoms with Crippen molar-refractivity contribution < 1.29 is 4.39 Å². The normalized spacial score (nSPS) is 18.0. The van der Waals surface area contributed by atoms with E-state index in [1.165, 1.54) is 23.1 Å². The average molecular weight is 358 g/mol. The molecular formula is C19H23FN4S. The van der Waals surface area contributed by atoms with E-state index < -0.39 is 0 Å². The van der Waals surface area contributed by atoms with Crippen LogP contribution in [0.25, 0.3) is 10.9 Å². The van der Waals surface area contributed by atoms with Crippen molar-refractivity contribution >= 4 is 22.7 Å². The molecule has 0 aliphatic carbocycles. The molecule has 1 aliphatic heterocycles. The first kappa shape index (κ1) is 16.7. The van der Waals surface area contributed by atoms with Crippen LogP contribution in [-0.4, -0.2) is 38.4 Å². The second kappa shape index (κ2) is 6.84. The molecule has 0 saturated carbocycles. The Hall–Kier alpha value is -1.79. The van der Waals surface area contributed by atoms with E-state index in [-0.39, 0.29) is 5.82 Å². The monoisotopic (exact) mass is 358 g/mol. The number of halogens is 1. The van der Waals surface area contributed by atoms with Crippen LogP contribution in [0.4, 0.5) is 4.39 Å². The molecule has 4 rings (SSSR count). The molecule has 25 heavy (non-hydrogen) atoms. The Labute approximate surface area is 151 Å². The summed E-state index contributed by atoms with van der Waals surface area (Å²) in [5.41, 5.74) is 5.80. The molecule has 3 heterocycles. The average Bonchev–Trinajstić information content (AvgIpc) is 3.20. The van der Waals surface area contributed by atoms with Gasteiger partial charge in [0.25, 0.3) is 0 Å². The zero-order chi connectivity index (χ0) is 17.4. The van der Waals surface area contributed by atoms with Crippen molar-refractivity contribution in [3.05, 3.63) is 53.0 Å². The number of rotatable bonds is 5. The first-order chi connectivity index (χ1) is 12.2. The minimum Gasteiger partial charge on any atom is -0.357 e. The van der Waals surface area contributed by atoms with E-state index in [1.807, 2.05) is 24.2 Å². The summed E-state index contributed by atoms with van der Waals surface area (Å²) in [5.74, 6) is 0.933. The third-order valence-electron chi connectivity index (χ3n) is 5.24. The number of imidazole rings is 1. The van der Waals surface area contributed by atoms with Crippen LogP contribution >= 0.6 is 11.8 Å². The maximum atomic E-state index is 13.6. The van der Waals surface area contributed by atoms with E-state index in [0.717, 1.165) is 48.2 Å². The molecule has 0 radical (unpaired) electrons. The number of hydrogen-bond donors (Lipinski definition) is 2. The van der Waals surface area contributed by atoms with Crippen molar-refractivity contribution in [1.82, 2.24) is 19.9 Å². The number of aromatic nitrogens is 3. The summed E-state index contributed by atoms with van der Waals surface area (Å²) in [4.78, 5) is 13.9. The Morgan fingerprint density at radius 2 is 2.28 bits per heavy atom. The van der Waals surface area contributed by atoms with Gasteiger partial charge in [-0.25, -0.2) is 9.37 Å². The van der Waals surface area contributed by atoms with Gasteiger partial charge in [0.2, 0.25) is 0 Å². The number of fused-ring (bicyclic) bond motifs is 2. The molecule has 0 unspecified atom stereocenters. The van der Waals surface area contributed by atoms with Crippen LogP contribution in [0.15, 0.2) is 24.5 Å². The predicted octanol–water partition coefficient (Wildman–Crippen LogP) is 4.19. The lowest BCUT2D eigenvalue weighted by Gasteiger charge is -2.34. The molecule has 0 saturated heterocycles. The van der Waals surface area contributed by atoms with Crippen LogP contribution in [0.2, 0.25) is 0 Å². The molecule has 0 bridgehead atoms. The number of benzene rings is 1. The van der Waals surface area contributed by atoms with Crippen molar-refractivity contribution in [2.75, 3.05) is 18.6 Å². The van der Waals surface area contributed by atoms with E-state index in [4.69, 9.17) is 0 Å². The van der Waals surface area contributed by atoms with E-state index >= 15 is 0 Å². The molecule has 0 amide bonds. The Morgan fingerprint density at radius 1 is 1.40 bits per heavy atom. The first-order valence-electron chi connectivity index (χ1n) is 8.69. The fourth-order valence-corrected chi connectivity index (χ4v) is 4.32. The predicted molar refractivity (Wildman–Crippen MR) is 101 cm³/mol. The Balaban J connectivity index is 1.64. The molecule has 132 valence electrons. The second-order valence-electron chi connectivity index (χ2n) is 6.70. The van der Waals surface area contributed by atoms with Crippen LogP contribution in [0.3, 0.4) is 0 Å². The third kappa shape index (κ3) is 3.09. The van der Waals surface area contributed by atoms with Crippen molar-refractivity contribution in [2.24, 2.45) is 0 Å². The van der Waals surface area contributed by atoms with Gasteiger partial charge in [0, 0.05) is 41.8 Å². The number of hydrogen-bond acceptors (Lipinski definition) is 3. The van der Waals surface area contributed by atoms with Gasteiger partial charge in [0.1, 0.15) is 5.82 Å². The summed E-state index contributed by atoms with van der Waals surface area (Å²) >= 11 is 1.88. The van der Waals surface area contributed by atoms with Crippen LogP contribution in [0.5, 0.6) is 0 Å². The number of H-pyrrole nitrogens is 2. The minimum atomic E-state index is -0.182. The van der Waals surface area contributed by atoms with Gasteiger partial charge in [0.05, 0.1) is 18.1 Å². The molecule has 6 heteroatoms. The third-order valence-corrected chi connectivity index (χ3v) is 5.88. The van der Waals surface area contributed by atoms with Crippen LogP contribution in [0, 0.1) is 12.7 Å². The SMILES string of the molecule is CSCC[C@H]1c2nc[nH]c2CCN1Cc1[nH]c2ccc(F)cc2c1C. The highest BCUT2D eigenvalue weighted by atomic mass is 32.2. The maximum Gasteiger partial charge on any atom is 0.123 e. The van der Waals surface area contributed by atoms with Crippen LogP contribution < -0.4 is 0 Å². The molecule has 1 atom stereocenters. The highest BCUT2D eigenvalue weighted by molar-refractivity contribution is 7.98. The molecule has 0 spiro atoms. The highest BCUT2D eigenvalue weighted by Crippen LogP contribution is 2.33. The first-order valence-corrected chi connectivity index (χ1v) is 10.1. The molecule has 1 aromatic carbocycles. The largest absolute Gasteiger partial charge is 0.357 e. The van der Waals surface area contributed by atoms with Gasteiger partial charge in [-0.1, -0.05) is 0 Å². The fraction of sp³-hybridized carbons (Fsp3) is 0.421. The Morgan fingerprint density at radius 3 is 3.12 bits per heavy atom. The van der Waals surface area contributed by atoms with Crippen molar-refractivity contribution in [3.8, 4) is 0 Å². The van der Waals surface area contributed by atoms with Crippen LogP contribution in [0.1, 0.15) is 35.1 Å². The fourth-order valence-electron chi connectivity index (χ4n) is 3.86. The zero-order valence-corrected chi connectivity index (χ0v) is 15.4. The minimum absolute atomic E-state index is 0.182. The number of nitrogens with zero attached hydrogens (tertiary/aromatic N) is 2. The molecular weight excluding hydrogens is 335 g/mol. The molecule has 0 fully saturated rings. The van der Waals surface area contributed by atoms with Gasteiger partial charge in [-0.2, -0.15) is 11.8 Å². The summed E-state index contributed by atoms with van der Waals surface area (Å²) in [5, 5.41) is 0.980. The number of aromatic amines is 2. The van der Waals surface area contributed by atoms with Gasteiger partial charge < -0.3 is 9.97 Å². The quantitative estimate of drug-likeness (QED) is 0.719. The standard InChI is InChI=1S/C19H23FN4S/c1-12-14-9-13(20)3-4-15(14)23-17(12)10-24-7-5-16-19(22-11-21-16)18(24)6-8-25-2/h3-4,9,11,18,23H,5-8,10H2,1-2H3,(H,21,22)/t18-/m0/s1. The van der Waals surface area contributed by atoms with Gasteiger partial charge in [-0.05, 0) is 49.1 Å². The zero-order valence-electron chi connectivity index (χ0n) is 14.6. The van der Waals surface area contributed by atoms with Crippen molar-refractivity contribution in [2.45, 2.75) is 32.4 Å². The maximum absolute atomic E-state index is 13.6. The summed E-state index contributed by atoms with van der Waals surface area (Å²) in [6.07, 6.45) is 6.05. The van der Waals surface area contributed by atoms with Gasteiger partial charge in [-0.15, -0.1) is 0 Å². The summed E-state index contributed by atoms with van der Waals surface area (Å²) in [7, 11) is 0. The summed E-state index contributed by atoms with van der Waals surface area (Å²) in [6.45, 7) is 3.93.